The van der Waals surface area contributed by atoms with Crippen LogP contribution in [0.4, 0.5) is 11.4 Å². The number of nitrogen functional groups attached to an aromatic ring is 1. The molecule has 0 bridgehead atoms. The van der Waals surface area contributed by atoms with Gasteiger partial charge in [0.15, 0.2) is 11.4 Å². The lowest BCUT2D eigenvalue weighted by atomic mass is 10.3. The number of esters is 1. The Morgan fingerprint density at radius 2 is 1.43 bits per heavy atom. The molecule has 0 aromatic carbocycles. The Morgan fingerprint density at radius 1 is 0.939 bits per heavy atom. The van der Waals surface area contributed by atoms with Gasteiger partial charge in [0.05, 0.1) is 38.9 Å². The maximum absolute atomic E-state index is 12.0. The maximum Gasteiger partial charge on any atom is 0.361 e. The van der Waals surface area contributed by atoms with E-state index in [1.54, 1.807) is 13.8 Å². The topological polar surface area (TPSA) is 222 Å². The zero-order valence-electron chi connectivity index (χ0n) is 25.3. The van der Waals surface area contributed by atoms with E-state index < -0.39 is 23.0 Å². The molecule has 268 valence electrons. The number of hydrogen-bond donors (Lipinski definition) is 2. The fourth-order valence-corrected chi connectivity index (χ4v) is 3.04. The lowest BCUT2D eigenvalue weighted by Crippen LogP contribution is -2.26. The monoisotopic (exact) mass is 726 g/mol. The summed E-state index contributed by atoms with van der Waals surface area (Å²) in [6.45, 7) is 3.53. The Balaban J connectivity index is -0.000000636. The first kappa shape index (κ1) is 47.6. The average Bonchev–Trinajstić information content (AvgIpc) is 3.74. The van der Waals surface area contributed by atoms with Crippen molar-refractivity contribution in [1.29, 1.82) is 0 Å². The smallest absolute Gasteiger partial charge is 0.361 e. The minimum atomic E-state index is -0.737. The number of ether oxygens (including phenoxy) is 3. The highest BCUT2D eigenvalue weighted by molar-refractivity contribution is 6.29. The van der Waals surface area contributed by atoms with Crippen molar-refractivity contribution in [2.45, 2.75) is 36.1 Å². The molecule has 49 heavy (non-hydrogen) atoms. The Kier molecular flexibility index (Phi) is 23.7. The normalized spacial score (nSPS) is 8.63. The van der Waals surface area contributed by atoms with Gasteiger partial charge in [-0.2, -0.15) is 0 Å². The number of anilines is 2. The summed E-state index contributed by atoms with van der Waals surface area (Å²) in [6, 6.07) is 0. The third kappa shape index (κ3) is 14.3. The van der Waals surface area contributed by atoms with Gasteiger partial charge >= 0.3 is 5.97 Å². The SMILES string of the molecule is C.C.C.C#CC#CC.CCOC(=O)c1nc(Cl)n(C)c(=O)c1OC.COc1c(C(=O)Nc2cnoc2)nc(Cl)n(C)c1=O.Nc1cnoc1. The summed E-state index contributed by atoms with van der Waals surface area (Å²) in [5, 5.41) is 8.96. The van der Waals surface area contributed by atoms with Crippen LogP contribution in [-0.2, 0) is 18.8 Å². The fraction of sp³-hybridized carbons (Fsp3) is 0.333. The van der Waals surface area contributed by atoms with Crippen molar-refractivity contribution in [3.05, 3.63) is 67.6 Å². The van der Waals surface area contributed by atoms with Gasteiger partial charge in [-0.15, -0.1) is 6.42 Å². The molecule has 0 fully saturated rings. The van der Waals surface area contributed by atoms with E-state index in [9.17, 15) is 19.2 Å². The van der Waals surface area contributed by atoms with Crippen LogP contribution < -0.4 is 31.6 Å². The van der Waals surface area contributed by atoms with E-state index in [1.807, 2.05) is 0 Å². The number of aromatic nitrogens is 6. The molecule has 4 aromatic heterocycles. The zero-order chi connectivity index (χ0) is 34.8. The molecular weight excluding hydrogens is 687 g/mol. The molecule has 4 aromatic rings. The van der Waals surface area contributed by atoms with Gasteiger partial charge in [0.2, 0.25) is 22.1 Å². The Bertz CT molecular complexity index is 1820. The van der Waals surface area contributed by atoms with Crippen molar-refractivity contribution in [2.75, 3.05) is 31.9 Å². The summed E-state index contributed by atoms with van der Waals surface area (Å²) in [6.07, 6.45) is 10.1. The molecule has 1 amide bonds. The van der Waals surface area contributed by atoms with Crippen molar-refractivity contribution in [2.24, 2.45) is 14.1 Å². The number of nitrogens with zero attached hydrogens (tertiary/aromatic N) is 6. The van der Waals surface area contributed by atoms with E-state index in [0.717, 1.165) is 9.13 Å². The van der Waals surface area contributed by atoms with Crippen LogP contribution in [0.25, 0.3) is 0 Å². The Hall–Kier alpha value is -5.78. The molecular formula is C30H40Cl2N8O9. The zero-order valence-corrected chi connectivity index (χ0v) is 26.8. The number of nitrogens with one attached hydrogen (secondary N) is 1. The Morgan fingerprint density at radius 3 is 1.78 bits per heavy atom. The molecule has 3 N–H and O–H groups in total. The van der Waals surface area contributed by atoms with E-state index in [-0.39, 0.29) is 62.3 Å². The molecule has 0 aliphatic carbocycles. The minimum absolute atomic E-state index is 0. The molecule has 19 heteroatoms. The van der Waals surface area contributed by atoms with Crippen molar-refractivity contribution in [3.63, 3.8) is 0 Å². The number of halogens is 2. The lowest BCUT2D eigenvalue weighted by Gasteiger charge is -2.09. The van der Waals surface area contributed by atoms with Gasteiger partial charge in [-0.3, -0.25) is 23.5 Å². The molecule has 0 unspecified atom stereocenters. The second-order valence-electron chi connectivity index (χ2n) is 7.82. The third-order valence-corrected chi connectivity index (χ3v) is 5.50. The van der Waals surface area contributed by atoms with Crippen LogP contribution in [0.2, 0.25) is 10.6 Å². The number of carbonyl (C=O) groups is 2. The minimum Gasteiger partial charge on any atom is -0.489 e. The number of nitrogens with two attached hydrogens (primary N) is 1. The average molecular weight is 728 g/mol. The number of amides is 1. The summed E-state index contributed by atoms with van der Waals surface area (Å²) in [5.41, 5.74) is 4.50. The van der Waals surface area contributed by atoms with Crippen LogP contribution in [0.1, 0.15) is 57.1 Å². The Labute approximate surface area is 293 Å². The maximum atomic E-state index is 12.0. The van der Waals surface area contributed by atoms with E-state index in [0.29, 0.717) is 11.4 Å². The molecule has 0 saturated heterocycles. The van der Waals surface area contributed by atoms with Gasteiger partial charge in [-0.1, -0.05) is 38.5 Å². The fourth-order valence-electron chi connectivity index (χ4n) is 2.71. The van der Waals surface area contributed by atoms with E-state index in [4.69, 9.17) is 49.6 Å². The van der Waals surface area contributed by atoms with Crippen molar-refractivity contribution in [3.8, 4) is 35.7 Å². The third-order valence-electron chi connectivity index (χ3n) is 4.82. The summed E-state index contributed by atoms with van der Waals surface area (Å²) < 4.78 is 25.5. The molecule has 0 aliphatic heterocycles. The molecule has 0 spiro atoms. The first-order valence-electron chi connectivity index (χ1n) is 12.4. The standard InChI is InChI=1S/C10H9ClN4O4.C9H11ClN2O4.C5H4.C3H4N2O.3CH4/c1-15-9(17)7(18-2)6(14-10(15)11)8(16)13-5-3-12-19-4-5;1-4-16-8(14)5-6(15-3)7(13)12(2)9(10)11-5;1-3-5-4-2;4-3-1-5-6-2-3;;;/h3-4H,1-2H3,(H,13,16);4H2,1-3H3;1H,2H3;1-2H,4H2;3*1H4. The molecule has 17 nitrogen and oxygen atoms in total. The van der Waals surface area contributed by atoms with E-state index >= 15 is 0 Å². The van der Waals surface area contributed by atoms with Crippen molar-refractivity contribution < 1.29 is 32.8 Å². The highest BCUT2D eigenvalue weighted by Gasteiger charge is 2.22. The van der Waals surface area contributed by atoms with Crippen LogP contribution in [0.15, 0.2) is 43.6 Å². The highest BCUT2D eigenvalue weighted by atomic mass is 35.5. The number of methoxy groups -OCH3 is 2. The van der Waals surface area contributed by atoms with E-state index in [2.05, 4.69) is 52.4 Å². The van der Waals surface area contributed by atoms with Crippen molar-refractivity contribution in [1.82, 2.24) is 29.4 Å². The molecule has 0 radical (unpaired) electrons. The van der Waals surface area contributed by atoms with Crippen LogP contribution in [-0.4, -0.2) is 62.1 Å². The molecule has 4 heterocycles. The first-order valence-corrected chi connectivity index (χ1v) is 13.1. The lowest BCUT2D eigenvalue weighted by molar-refractivity contribution is 0.0514. The van der Waals surface area contributed by atoms with Gasteiger partial charge in [0.25, 0.3) is 17.0 Å². The summed E-state index contributed by atoms with van der Waals surface area (Å²) in [7, 11) is 5.38. The second kappa shape index (κ2) is 24.4. The number of terminal acetylenes is 1. The van der Waals surface area contributed by atoms with Crippen LogP contribution in [0.3, 0.4) is 0 Å². The summed E-state index contributed by atoms with van der Waals surface area (Å²) >= 11 is 11.4. The molecule has 0 atom stereocenters. The summed E-state index contributed by atoms with van der Waals surface area (Å²) in [5.74, 6) is 5.32. The van der Waals surface area contributed by atoms with Gasteiger partial charge in [-0.25, -0.2) is 14.8 Å². The number of rotatable bonds is 6. The molecule has 0 saturated carbocycles. The second-order valence-corrected chi connectivity index (χ2v) is 8.49. The quantitative estimate of drug-likeness (QED) is 0.162. The van der Waals surface area contributed by atoms with Crippen LogP contribution in [0, 0.1) is 24.2 Å². The predicted molar refractivity (Wildman–Crippen MR) is 186 cm³/mol. The number of hydrogen-bond acceptors (Lipinski definition) is 14. The largest absolute Gasteiger partial charge is 0.489 e. The van der Waals surface area contributed by atoms with Crippen LogP contribution in [0.5, 0.6) is 11.5 Å². The van der Waals surface area contributed by atoms with Gasteiger partial charge in [-0.05, 0) is 48.9 Å². The van der Waals surface area contributed by atoms with Gasteiger partial charge in [0.1, 0.15) is 18.2 Å². The predicted octanol–water partition coefficient (Wildman–Crippen LogP) is 4.11. The molecule has 0 aliphatic rings. The van der Waals surface area contributed by atoms with Gasteiger partial charge in [0, 0.05) is 14.1 Å². The van der Waals surface area contributed by atoms with Crippen LogP contribution >= 0.6 is 23.2 Å². The summed E-state index contributed by atoms with van der Waals surface area (Å²) in [4.78, 5) is 54.5. The van der Waals surface area contributed by atoms with Gasteiger partial charge < -0.3 is 34.3 Å². The van der Waals surface area contributed by atoms with E-state index in [1.165, 1.54) is 53.2 Å². The highest BCUT2D eigenvalue weighted by Crippen LogP contribution is 2.16. The molecule has 4 rings (SSSR count). The first-order chi connectivity index (χ1) is 21.9. The van der Waals surface area contributed by atoms with Crippen molar-refractivity contribution >= 4 is 46.5 Å². The number of carbonyl (C=O) groups excluding carboxylic acids is 2.